The van der Waals surface area contributed by atoms with Crippen LogP contribution in [0.4, 0.5) is 16.6 Å². The smallest absolute Gasteiger partial charge is 0.323 e. The van der Waals surface area contributed by atoms with Gasteiger partial charge in [-0.1, -0.05) is 53.1 Å². The number of carbonyl (C=O) groups excluding carboxylic acids is 1. The molecule has 0 bridgehead atoms. The minimum atomic E-state index is -0.201. The maximum absolute atomic E-state index is 13.7. The highest BCUT2D eigenvalue weighted by Gasteiger charge is 2.32. The summed E-state index contributed by atoms with van der Waals surface area (Å²) in [6.07, 6.45) is 14.0. The van der Waals surface area contributed by atoms with E-state index in [4.69, 9.17) is 26.7 Å². The molecule has 5 rings (SSSR count). The lowest BCUT2D eigenvalue weighted by atomic mass is 9.86. The van der Waals surface area contributed by atoms with E-state index in [0.29, 0.717) is 34.7 Å². The van der Waals surface area contributed by atoms with Crippen LogP contribution >= 0.6 is 11.6 Å². The zero-order chi connectivity index (χ0) is 34.1. The molecule has 4 aromatic heterocycles. The van der Waals surface area contributed by atoms with E-state index in [2.05, 4.69) is 81.1 Å². The van der Waals surface area contributed by atoms with Gasteiger partial charge in [-0.25, -0.2) is 19.7 Å². The Morgan fingerprint density at radius 1 is 0.979 bits per heavy atom. The number of hydrogen-bond acceptors (Lipinski definition) is 8. The molecule has 0 atom stereocenters. The molecule has 0 radical (unpaired) electrons. The van der Waals surface area contributed by atoms with Gasteiger partial charge in [0.2, 0.25) is 5.95 Å². The predicted octanol–water partition coefficient (Wildman–Crippen LogP) is 7.05. The number of rotatable bonds is 8. The fourth-order valence-electron chi connectivity index (χ4n) is 5.67. The first-order valence-corrected chi connectivity index (χ1v) is 16.7. The van der Waals surface area contributed by atoms with E-state index in [9.17, 15) is 4.79 Å². The van der Waals surface area contributed by atoms with Crippen molar-refractivity contribution in [2.45, 2.75) is 105 Å². The van der Waals surface area contributed by atoms with Gasteiger partial charge in [-0.3, -0.25) is 19.2 Å². The molecular formula is C34H48ClN11O. The molecule has 4 heterocycles. The Kier molecular flexibility index (Phi) is 9.91. The summed E-state index contributed by atoms with van der Waals surface area (Å²) >= 11 is 6.68. The zero-order valence-electron chi connectivity index (χ0n) is 29.0. The van der Waals surface area contributed by atoms with Crippen LogP contribution in [0, 0.1) is 5.41 Å². The first-order valence-electron chi connectivity index (χ1n) is 16.4. The largest absolute Gasteiger partial charge is 0.351 e. The quantitative estimate of drug-likeness (QED) is 0.205. The van der Waals surface area contributed by atoms with Gasteiger partial charge in [-0.2, -0.15) is 10.2 Å². The lowest BCUT2D eigenvalue weighted by molar-refractivity contribution is 0.235. The highest BCUT2D eigenvalue weighted by atomic mass is 35.5. The maximum Gasteiger partial charge on any atom is 0.323 e. The van der Waals surface area contributed by atoms with Crippen molar-refractivity contribution >= 4 is 29.4 Å². The number of hydrogen-bond donors (Lipinski definition) is 2. The Balaban J connectivity index is 1.33. The van der Waals surface area contributed by atoms with E-state index in [1.165, 1.54) is 0 Å². The second-order valence-electron chi connectivity index (χ2n) is 15.0. The van der Waals surface area contributed by atoms with Gasteiger partial charge >= 0.3 is 6.03 Å². The number of aryl methyl sites for hydroxylation is 1. The van der Waals surface area contributed by atoms with Gasteiger partial charge in [0.25, 0.3) is 0 Å². The van der Waals surface area contributed by atoms with Crippen molar-refractivity contribution in [3.63, 3.8) is 0 Å². The molecule has 2 amide bonds. The number of nitrogens with one attached hydrogen (secondary N) is 2. The van der Waals surface area contributed by atoms with E-state index in [-0.39, 0.29) is 35.0 Å². The highest BCUT2D eigenvalue weighted by molar-refractivity contribution is 6.33. The summed E-state index contributed by atoms with van der Waals surface area (Å²) in [5, 5.41) is 16.3. The molecular weight excluding hydrogens is 614 g/mol. The zero-order valence-corrected chi connectivity index (χ0v) is 29.8. The second-order valence-corrected chi connectivity index (χ2v) is 15.4. The van der Waals surface area contributed by atoms with Crippen LogP contribution in [0.5, 0.6) is 0 Å². The monoisotopic (exact) mass is 661 g/mol. The lowest BCUT2D eigenvalue weighted by Gasteiger charge is -2.37. The molecule has 47 heavy (non-hydrogen) atoms. The number of halogens is 1. The standard InChI is InChI=1S/C34H48ClN11O/c1-21(2)45-19-26(35)30(43-45)29-25(34(6,7)8)15-38-31(42-29)41-23-10-12-24(13-11-23)46(32(47)39-20-33(3,4)5)28-17-36-27(16-37-28)22-14-40-44(9)18-22/h14-19,21,23-24H,10-13,20H2,1-9H3,(H,39,47)(H,38,41,42). The summed E-state index contributed by atoms with van der Waals surface area (Å²) in [6, 6.07) is 0.115. The van der Waals surface area contributed by atoms with Crippen LogP contribution in [0.2, 0.25) is 5.02 Å². The van der Waals surface area contributed by atoms with Crippen molar-refractivity contribution in [3.8, 4) is 22.6 Å². The van der Waals surface area contributed by atoms with Gasteiger partial charge in [0, 0.05) is 61.4 Å². The normalized spacial score (nSPS) is 17.2. The number of urea groups is 1. The van der Waals surface area contributed by atoms with Crippen molar-refractivity contribution in [2.24, 2.45) is 12.5 Å². The molecule has 0 aliphatic heterocycles. The van der Waals surface area contributed by atoms with Gasteiger partial charge < -0.3 is 10.6 Å². The Morgan fingerprint density at radius 3 is 2.26 bits per heavy atom. The minimum Gasteiger partial charge on any atom is -0.351 e. The first kappa shape index (κ1) is 34.3. The third-order valence-electron chi connectivity index (χ3n) is 8.31. The molecule has 2 N–H and O–H groups in total. The second kappa shape index (κ2) is 13.6. The van der Waals surface area contributed by atoms with E-state index < -0.39 is 0 Å². The molecule has 0 spiro atoms. The summed E-state index contributed by atoms with van der Waals surface area (Å²) < 4.78 is 3.59. The molecule has 13 heteroatoms. The van der Waals surface area contributed by atoms with E-state index in [1.54, 1.807) is 28.2 Å². The van der Waals surface area contributed by atoms with Crippen molar-refractivity contribution in [2.75, 3.05) is 16.8 Å². The fourth-order valence-corrected chi connectivity index (χ4v) is 5.89. The van der Waals surface area contributed by atoms with Crippen molar-refractivity contribution in [1.29, 1.82) is 0 Å². The van der Waals surface area contributed by atoms with Gasteiger partial charge in [0.1, 0.15) is 11.4 Å². The van der Waals surface area contributed by atoms with Crippen LogP contribution in [-0.4, -0.2) is 64.2 Å². The van der Waals surface area contributed by atoms with E-state index in [1.807, 2.05) is 30.3 Å². The van der Waals surface area contributed by atoms with Gasteiger partial charge in [0.05, 0.1) is 29.3 Å². The first-order chi connectivity index (χ1) is 22.1. The highest BCUT2D eigenvalue weighted by Crippen LogP contribution is 2.36. The number of aromatic nitrogens is 8. The van der Waals surface area contributed by atoms with Crippen LogP contribution in [0.3, 0.4) is 0 Å². The van der Waals surface area contributed by atoms with Crippen LogP contribution in [0.15, 0.2) is 37.2 Å². The lowest BCUT2D eigenvalue weighted by Crippen LogP contribution is -2.50. The van der Waals surface area contributed by atoms with Gasteiger partial charge in [-0.05, 0) is 50.4 Å². The van der Waals surface area contributed by atoms with Gasteiger partial charge in [-0.15, -0.1) is 0 Å². The number of carbonyl (C=O) groups is 1. The van der Waals surface area contributed by atoms with Crippen LogP contribution in [0.25, 0.3) is 22.6 Å². The molecule has 1 fully saturated rings. The molecule has 1 aliphatic carbocycles. The SMILES string of the molecule is CC(C)n1cc(Cl)c(-c2nc(NC3CCC(N(C(=O)NCC(C)(C)C)c4cnc(-c5cnn(C)c5)cn4)CC3)ncc2C(C)(C)C)n1. The van der Waals surface area contributed by atoms with E-state index in [0.717, 1.165) is 42.5 Å². The van der Waals surface area contributed by atoms with Crippen LogP contribution < -0.4 is 15.5 Å². The average molecular weight is 662 g/mol. The number of anilines is 2. The molecule has 1 aliphatic rings. The molecule has 12 nitrogen and oxygen atoms in total. The molecule has 4 aromatic rings. The Bertz CT molecular complexity index is 1670. The summed E-state index contributed by atoms with van der Waals surface area (Å²) in [6.45, 7) is 17.4. The topological polar surface area (TPSA) is 132 Å². The van der Waals surface area contributed by atoms with Crippen molar-refractivity contribution in [3.05, 3.63) is 47.8 Å². The number of nitrogens with zero attached hydrogens (tertiary/aromatic N) is 9. The Morgan fingerprint density at radius 2 is 1.70 bits per heavy atom. The van der Waals surface area contributed by atoms with E-state index >= 15 is 0 Å². The molecule has 0 aromatic carbocycles. The summed E-state index contributed by atoms with van der Waals surface area (Å²) in [5.41, 5.74) is 3.70. The molecule has 252 valence electrons. The fraction of sp³-hybridized carbons (Fsp3) is 0.559. The summed E-state index contributed by atoms with van der Waals surface area (Å²) in [7, 11) is 1.86. The third-order valence-corrected chi connectivity index (χ3v) is 8.58. The Labute approximate surface area is 282 Å². The maximum atomic E-state index is 13.7. The number of amides is 2. The molecule has 0 unspecified atom stereocenters. The molecule has 0 saturated heterocycles. The minimum absolute atomic E-state index is 0.0369. The summed E-state index contributed by atoms with van der Waals surface area (Å²) in [4.78, 5) is 34.4. The summed E-state index contributed by atoms with van der Waals surface area (Å²) in [5.74, 6) is 1.08. The predicted molar refractivity (Wildman–Crippen MR) is 187 cm³/mol. The molecule has 1 saturated carbocycles. The third kappa shape index (κ3) is 8.27. The van der Waals surface area contributed by atoms with Crippen molar-refractivity contribution in [1.82, 2.24) is 44.8 Å². The van der Waals surface area contributed by atoms with Crippen LogP contribution in [-0.2, 0) is 12.5 Å². The van der Waals surface area contributed by atoms with Crippen LogP contribution in [0.1, 0.15) is 92.7 Å². The average Bonchev–Trinajstić information content (AvgIpc) is 3.62. The van der Waals surface area contributed by atoms with Crippen molar-refractivity contribution < 1.29 is 4.79 Å². The Hall–Kier alpha value is -4.06. The van der Waals surface area contributed by atoms with Gasteiger partial charge in [0.15, 0.2) is 5.82 Å².